The summed E-state index contributed by atoms with van der Waals surface area (Å²) in [4.78, 5) is 0. The van der Waals surface area contributed by atoms with Gasteiger partial charge in [0.1, 0.15) is 22.3 Å². The molecule has 0 bridgehead atoms. The number of hydrogen-bond acceptors (Lipinski definition) is 2. The van der Waals surface area contributed by atoms with Crippen molar-refractivity contribution in [2.75, 3.05) is 0 Å². The summed E-state index contributed by atoms with van der Waals surface area (Å²) >= 11 is 0. The number of para-hydroxylation sites is 4. The molecule has 0 aliphatic carbocycles. The Balaban J connectivity index is 0.677. The number of aromatic nitrogens is 4. The minimum atomic E-state index is 0.860. The van der Waals surface area contributed by atoms with E-state index in [1.807, 2.05) is 0 Å². The van der Waals surface area contributed by atoms with E-state index in [9.17, 15) is 0 Å². The van der Waals surface area contributed by atoms with Gasteiger partial charge in [0.05, 0.1) is 44.1 Å². The van der Waals surface area contributed by atoms with Crippen molar-refractivity contribution in [2.45, 2.75) is 0 Å². The molecule has 0 unspecified atom stereocenters. The third kappa shape index (κ3) is 7.15. The van der Waals surface area contributed by atoms with Crippen LogP contribution in [0.1, 0.15) is 0 Å². The lowest BCUT2D eigenvalue weighted by atomic mass is 10.0. The summed E-state index contributed by atoms with van der Waals surface area (Å²) in [5, 5.41) is 14.0. The number of benzene rings is 14. The second-order valence-electron chi connectivity index (χ2n) is 24.0. The van der Waals surface area contributed by atoms with Crippen LogP contribution in [0, 0.1) is 0 Å². The van der Waals surface area contributed by atoms with Crippen LogP contribution in [0.5, 0.6) is 0 Å². The van der Waals surface area contributed by atoms with Crippen LogP contribution < -0.4 is 0 Å². The standard InChI is InChI=1S/C84H50N4O2/c1-3-15-51(16-4-1)53-27-35-77-65(43-53)61-19-7-11-23-73(61)85(77)57-31-39-81-69(47-57)71-49-59(33-41-83(71)89-81)87-75-25-13-9-21-63(75)67-45-55(29-37-79(67)87)56-30-38-80-68(46-56)64-22-10-14-26-76(64)88(80)60-34-42-84-72(50-60)70-48-58(32-40-82(70)90-84)86-74-24-12-8-20-62(74)66-44-54(28-36-78(66)86)52-17-5-2-6-18-52/h1-50H. The fourth-order valence-electron chi connectivity index (χ4n) is 15.0. The number of furan rings is 2. The van der Waals surface area contributed by atoms with Crippen molar-refractivity contribution in [2.24, 2.45) is 0 Å². The highest BCUT2D eigenvalue weighted by Crippen LogP contribution is 2.44. The average Bonchev–Trinajstić information content (AvgIpc) is 1.81. The molecule has 20 aromatic rings. The van der Waals surface area contributed by atoms with E-state index in [2.05, 4.69) is 322 Å². The monoisotopic (exact) mass is 1150 g/mol. The first-order valence-electron chi connectivity index (χ1n) is 30.8. The largest absolute Gasteiger partial charge is 0.456 e. The Morgan fingerprint density at radius 1 is 0.156 bits per heavy atom. The number of fused-ring (bicyclic) bond motifs is 18. The Morgan fingerprint density at radius 2 is 0.389 bits per heavy atom. The van der Waals surface area contributed by atoms with Gasteiger partial charge in [0.25, 0.3) is 0 Å². The van der Waals surface area contributed by atoms with Crippen molar-refractivity contribution in [3.05, 3.63) is 303 Å². The maximum Gasteiger partial charge on any atom is 0.135 e. The summed E-state index contributed by atoms with van der Waals surface area (Å²) in [7, 11) is 0. The molecule has 0 spiro atoms. The van der Waals surface area contributed by atoms with Crippen LogP contribution in [0.4, 0.5) is 0 Å². The summed E-state index contributed by atoms with van der Waals surface area (Å²) in [6.45, 7) is 0. The predicted octanol–water partition coefficient (Wildman–Crippen LogP) is 22.9. The molecular weight excluding hydrogens is 1100 g/mol. The zero-order valence-corrected chi connectivity index (χ0v) is 48.5. The zero-order chi connectivity index (χ0) is 58.7. The van der Waals surface area contributed by atoms with Crippen LogP contribution in [0.3, 0.4) is 0 Å². The molecule has 0 aliphatic heterocycles. The van der Waals surface area contributed by atoms with E-state index in [4.69, 9.17) is 8.83 Å². The van der Waals surface area contributed by atoms with Crippen molar-refractivity contribution < 1.29 is 8.83 Å². The Hall–Kier alpha value is -12.1. The number of nitrogens with zero attached hydrogens (tertiary/aromatic N) is 4. The van der Waals surface area contributed by atoms with Gasteiger partial charge >= 0.3 is 0 Å². The van der Waals surface area contributed by atoms with Gasteiger partial charge in [-0.05, 0) is 179 Å². The smallest absolute Gasteiger partial charge is 0.135 e. The molecule has 6 heteroatoms. The van der Waals surface area contributed by atoms with E-state index < -0.39 is 0 Å². The van der Waals surface area contributed by atoms with Crippen LogP contribution in [0.15, 0.2) is 312 Å². The summed E-state index contributed by atoms with van der Waals surface area (Å²) < 4.78 is 22.9. The van der Waals surface area contributed by atoms with Gasteiger partial charge in [-0.3, -0.25) is 0 Å². The fraction of sp³-hybridized carbons (Fsp3) is 0. The highest BCUT2D eigenvalue weighted by molar-refractivity contribution is 6.16. The van der Waals surface area contributed by atoms with Crippen LogP contribution in [0.2, 0.25) is 0 Å². The lowest BCUT2D eigenvalue weighted by Crippen LogP contribution is -1.94. The SMILES string of the molecule is c1ccc(-c2ccc3c(c2)c2ccccc2n3-c2ccc3oc4ccc(-n5c6ccccc6c6cc(-c7ccc8c(c7)c7ccccc7n8-c7ccc8oc9ccc(-n%10c%11ccccc%11c%11cc(-c%12ccccc%12)ccc%11%10)cc9c8c7)ccc65)cc4c3c2)cc1. The van der Waals surface area contributed by atoms with Gasteiger partial charge in [0.2, 0.25) is 0 Å². The second kappa shape index (κ2) is 18.7. The van der Waals surface area contributed by atoms with Gasteiger partial charge in [-0.1, -0.05) is 158 Å². The summed E-state index contributed by atoms with van der Waals surface area (Å²) in [6, 6.07) is 111. The average molecular weight is 1150 g/mol. The quantitative estimate of drug-likeness (QED) is 0.160. The van der Waals surface area contributed by atoms with Gasteiger partial charge in [-0.15, -0.1) is 0 Å². The van der Waals surface area contributed by atoms with Crippen molar-refractivity contribution in [3.63, 3.8) is 0 Å². The van der Waals surface area contributed by atoms with Crippen LogP contribution in [0.25, 0.3) is 187 Å². The molecule has 0 amide bonds. The first-order valence-corrected chi connectivity index (χ1v) is 30.8. The molecule has 0 N–H and O–H groups in total. The molecule has 0 saturated heterocycles. The van der Waals surface area contributed by atoms with Crippen LogP contribution >= 0.6 is 0 Å². The van der Waals surface area contributed by atoms with E-state index >= 15 is 0 Å². The van der Waals surface area contributed by atoms with Crippen LogP contribution in [-0.4, -0.2) is 18.3 Å². The topological polar surface area (TPSA) is 46.0 Å². The van der Waals surface area contributed by atoms with Gasteiger partial charge < -0.3 is 27.1 Å². The molecule has 6 heterocycles. The number of hydrogen-bond donors (Lipinski definition) is 0. The van der Waals surface area contributed by atoms with Crippen molar-refractivity contribution >= 4 is 131 Å². The third-order valence-electron chi connectivity index (χ3n) is 19.1. The van der Waals surface area contributed by atoms with E-state index in [-0.39, 0.29) is 0 Å². The Morgan fingerprint density at radius 3 is 0.667 bits per heavy atom. The second-order valence-corrected chi connectivity index (χ2v) is 24.0. The summed E-state index contributed by atoms with van der Waals surface area (Å²) in [5.41, 5.74) is 24.2. The Bertz CT molecular complexity index is 6010. The molecule has 0 radical (unpaired) electrons. The Labute approximate surface area is 514 Å². The first-order chi connectivity index (χ1) is 44.6. The van der Waals surface area contributed by atoms with Gasteiger partial charge in [0, 0.05) is 87.4 Å². The molecule has 14 aromatic carbocycles. The molecule has 20 rings (SSSR count). The maximum absolute atomic E-state index is 6.61. The molecule has 6 aromatic heterocycles. The summed E-state index contributed by atoms with van der Waals surface area (Å²) in [6.07, 6.45) is 0. The maximum atomic E-state index is 6.61. The number of rotatable bonds is 7. The lowest BCUT2D eigenvalue weighted by molar-refractivity contribution is 0.668. The van der Waals surface area contributed by atoms with Gasteiger partial charge in [0.15, 0.2) is 0 Å². The van der Waals surface area contributed by atoms with Crippen molar-refractivity contribution in [1.29, 1.82) is 0 Å². The highest BCUT2D eigenvalue weighted by Gasteiger charge is 2.22. The van der Waals surface area contributed by atoms with Crippen LogP contribution in [-0.2, 0) is 0 Å². The van der Waals surface area contributed by atoms with E-state index in [0.29, 0.717) is 0 Å². The van der Waals surface area contributed by atoms with Crippen molar-refractivity contribution in [1.82, 2.24) is 18.3 Å². The molecule has 0 saturated carbocycles. The van der Waals surface area contributed by atoms with E-state index in [0.717, 1.165) is 99.8 Å². The normalized spacial score (nSPS) is 12.2. The molecule has 90 heavy (non-hydrogen) atoms. The zero-order valence-electron chi connectivity index (χ0n) is 48.5. The highest BCUT2D eigenvalue weighted by atomic mass is 16.3. The molecule has 0 fully saturated rings. The van der Waals surface area contributed by atoms with Crippen molar-refractivity contribution in [3.8, 4) is 56.1 Å². The fourth-order valence-corrected chi connectivity index (χ4v) is 15.0. The lowest BCUT2D eigenvalue weighted by Gasteiger charge is -2.10. The third-order valence-corrected chi connectivity index (χ3v) is 19.1. The molecule has 0 atom stereocenters. The first kappa shape index (κ1) is 49.0. The molecule has 418 valence electrons. The van der Waals surface area contributed by atoms with E-state index in [1.165, 1.54) is 87.4 Å². The van der Waals surface area contributed by atoms with E-state index in [1.54, 1.807) is 0 Å². The minimum Gasteiger partial charge on any atom is -0.456 e. The summed E-state index contributed by atoms with van der Waals surface area (Å²) in [5.74, 6) is 0. The Kier molecular flexibility index (Phi) is 10.2. The minimum absolute atomic E-state index is 0.860. The van der Waals surface area contributed by atoms with Gasteiger partial charge in [-0.2, -0.15) is 0 Å². The predicted molar refractivity (Wildman–Crippen MR) is 375 cm³/mol. The molecule has 0 aliphatic rings. The van der Waals surface area contributed by atoms with Gasteiger partial charge in [-0.25, -0.2) is 0 Å². The molecule has 6 nitrogen and oxygen atoms in total. The molecular formula is C84H50N4O2.